The van der Waals surface area contributed by atoms with Gasteiger partial charge in [-0.05, 0) is 44.5 Å². The number of hydrogen-bond donors (Lipinski definition) is 6. The molecule has 16 heteroatoms. The minimum absolute atomic E-state index is 0.00987. The third kappa shape index (κ3) is 5.97. The summed E-state index contributed by atoms with van der Waals surface area (Å²) in [6.07, 6.45) is -4.06. The number of carbonyl (C=O) groups is 6. The molecule has 2 aliphatic carbocycles. The fourth-order valence-electron chi connectivity index (χ4n) is 6.64. The molecule has 0 radical (unpaired) electrons. The maximum absolute atomic E-state index is 13.2. The number of carboxylic acids is 2. The number of carbonyl (C=O) groups excluding carboxylic acids is 4. The zero-order valence-corrected chi connectivity index (χ0v) is 25.5. The lowest BCUT2D eigenvalue weighted by molar-refractivity contribution is -0.175. The topological polar surface area (TPSA) is 244 Å². The lowest BCUT2D eigenvalue weighted by Gasteiger charge is -2.56. The van der Waals surface area contributed by atoms with Crippen LogP contribution in [0.3, 0.4) is 0 Å². The molecule has 4 rings (SSSR count). The van der Waals surface area contributed by atoms with E-state index in [1.807, 2.05) is 12.2 Å². The SMILES string of the molecule is CC[C@]12c3c4ccc(O)c3O[C@H]1C(OC(=O)C[C@H](OC(C)=O)C(=O)O[C@@H](C)C(=O)N[C@@H](CC(=O)O)C(=O)O)=CC[C@@]2(O)[C@H](NC)C4. The molecular weight excluding hydrogens is 612 g/mol. The minimum Gasteiger partial charge on any atom is -0.504 e. The highest BCUT2D eigenvalue weighted by atomic mass is 16.6. The Balaban J connectivity index is 1.52. The molecule has 0 spiro atoms. The third-order valence-corrected chi connectivity index (χ3v) is 8.71. The minimum atomic E-state index is -1.88. The molecular formula is C30H36N2O14. The van der Waals surface area contributed by atoms with Crippen molar-refractivity contribution in [2.75, 3.05) is 7.05 Å². The number of hydrogen-bond acceptors (Lipinski definition) is 13. The van der Waals surface area contributed by atoms with Crippen molar-refractivity contribution in [1.29, 1.82) is 0 Å². The number of esters is 3. The van der Waals surface area contributed by atoms with E-state index >= 15 is 0 Å². The average Bonchev–Trinajstić information content (AvgIpc) is 3.35. The molecule has 0 saturated carbocycles. The van der Waals surface area contributed by atoms with Gasteiger partial charge in [0.1, 0.15) is 11.8 Å². The Bertz CT molecular complexity index is 1490. The van der Waals surface area contributed by atoms with Crippen molar-refractivity contribution in [2.24, 2.45) is 0 Å². The second-order valence-electron chi connectivity index (χ2n) is 11.4. The molecule has 3 aliphatic rings. The van der Waals surface area contributed by atoms with Crippen LogP contribution in [0, 0.1) is 0 Å². The highest BCUT2D eigenvalue weighted by Gasteiger charge is 2.69. The molecule has 6 N–H and O–H groups in total. The first-order chi connectivity index (χ1) is 21.6. The van der Waals surface area contributed by atoms with Crippen LogP contribution in [-0.4, -0.2) is 99.2 Å². The number of aromatic hydroxyl groups is 1. The quantitative estimate of drug-likeness (QED) is 0.120. The number of phenolic OH excluding ortho intramolecular Hbond substituents is 1. The van der Waals surface area contributed by atoms with Crippen molar-refractivity contribution < 1.29 is 68.1 Å². The van der Waals surface area contributed by atoms with Crippen molar-refractivity contribution in [2.45, 2.75) is 94.3 Å². The van der Waals surface area contributed by atoms with Crippen LogP contribution in [0.2, 0.25) is 0 Å². The number of ether oxygens (including phenoxy) is 4. The molecule has 0 saturated heterocycles. The van der Waals surface area contributed by atoms with Crippen LogP contribution < -0.4 is 15.4 Å². The van der Waals surface area contributed by atoms with E-state index in [0.717, 1.165) is 19.4 Å². The van der Waals surface area contributed by atoms with Crippen molar-refractivity contribution >= 4 is 35.8 Å². The van der Waals surface area contributed by atoms with Crippen LogP contribution in [0.4, 0.5) is 0 Å². The Morgan fingerprint density at radius 3 is 2.39 bits per heavy atom. The zero-order chi connectivity index (χ0) is 34.1. The number of benzene rings is 1. The summed E-state index contributed by atoms with van der Waals surface area (Å²) in [6, 6.07) is 1.03. The van der Waals surface area contributed by atoms with E-state index in [9.17, 15) is 39.0 Å². The highest BCUT2D eigenvalue weighted by molar-refractivity contribution is 5.91. The number of nitrogens with one attached hydrogen (secondary N) is 2. The normalized spacial score (nSPS) is 25.8. The van der Waals surface area contributed by atoms with Crippen molar-refractivity contribution in [3.63, 3.8) is 0 Å². The van der Waals surface area contributed by atoms with E-state index in [-0.39, 0.29) is 23.7 Å². The molecule has 0 unspecified atom stereocenters. The van der Waals surface area contributed by atoms with Gasteiger partial charge in [0.15, 0.2) is 23.7 Å². The number of aliphatic hydroxyl groups is 1. The van der Waals surface area contributed by atoms with Gasteiger partial charge in [-0.15, -0.1) is 0 Å². The van der Waals surface area contributed by atoms with Crippen LogP contribution in [0.5, 0.6) is 11.5 Å². The van der Waals surface area contributed by atoms with Gasteiger partial charge in [-0.3, -0.25) is 19.2 Å². The van der Waals surface area contributed by atoms with Gasteiger partial charge in [0, 0.05) is 24.9 Å². The molecule has 0 fully saturated rings. The van der Waals surface area contributed by atoms with Gasteiger partial charge < -0.3 is 50.0 Å². The van der Waals surface area contributed by atoms with Crippen molar-refractivity contribution in [3.8, 4) is 11.5 Å². The van der Waals surface area contributed by atoms with Crippen molar-refractivity contribution in [3.05, 3.63) is 35.1 Å². The molecule has 1 amide bonds. The smallest absolute Gasteiger partial charge is 0.348 e. The first-order valence-corrected chi connectivity index (χ1v) is 14.5. The molecule has 1 aromatic carbocycles. The van der Waals surface area contributed by atoms with Gasteiger partial charge in [-0.2, -0.15) is 0 Å². The average molecular weight is 649 g/mol. The van der Waals surface area contributed by atoms with E-state index in [1.165, 1.54) is 12.1 Å². The van der Waals surface area contributed by atoms with E-state index in [4.69, 9.17) is 29.2 Å². The van der Waals surface area contributed by atoms with Crippen LogP contribution in [0.25, 0.3) is 0 Å². The molecule has 0 bridgehead atoms. The Hall–Kier alpha value is -4.70. The Morgan fingerprint density at radius 2 is 1.80 bits per heavy atom. The van der Waals surface area contributed by atoms with Gasteiger partial charge in [0.05, 0.1) is 23.9 Å². The van der Waals surface area contributed by atoms with Gasteiger partial charge >= 0.3 is 29.8 Å². The summed E-state index contributed by atoms with van der Waals surface area (Å²) in [7, 11) is 1.72. The van der Waals surface area contributed by atoms with Gasteiger partial charge in [-0.25, -0.2) is 9.59 Å². The molecule has 1 aliphatic heterocycles. The van der Waals surface area contributed by atoms with E-state index in [2.05, 4.69) is 5.32 Å². The Kier molecular flexibility index (Phi) is 9.63. The summed E-state index contributed by atoms with van der Waals surface area (Å²) < 4.78 is 21.8. The number of phenols is 1. The van der Waals surface area contributed by atoms with Gasteiger partial charge in [0.2, 0.25) is 6.10 Å². The zero-order valence-electron chi connectivity index (χ0n) is 25.5. The molecule has 7 atom stereocenters. The lowest BCUT2D eigenvalue weighted by Crippen LogP contribution is -2.70. The maximum atomic E-state index is 13.2. The maximum Gasteiger partial charge on any atom is 0.348 e. The van der Waals surface area contributed by atoms with Crippen LogP contribution in [-0.2, 0) is 54.8 Å². The summed E-state index contributed by atoms with van der Waals surface area (Å²) in [5.74, 6) is -7.61. The summed E-state index contributed by atoms with van der Waals surface area (Å²) in [5.41, 5.74) is -1.05. The van der Waals surface area contributed by atoms with Crippen LogP contribution in [0.1, 0.15) is 57.6 Å². The summed E-state index contributed by atoms with van der Waals surface area (Å²) in [4.78, 5) is 72.4. The van der Waals surface area contributed by atoms with E-state index in [1.54, 1.807) is 13.1 Å². The molecule has 16 nitrogen and oxygen atoms in total. The monoisotopic (exact) mass is 648 g/mol. The molecule has 1 heterocycles. The molecule has 0 aromatic heterocycles. The number of aliphatic carboxylic acids is 2. The number of rotatable bonds is 13. The largest absolute Gasteiger partial charge is 0.504 e. The predicted octanol–water partition coefficient (Wildman–Crippen LogP) is -0.195. The molecule has 250 valence electrons. The predicted molar refractivity (Wildman–Crippen MR) is 152 cm³/mol. The van der Waals surface area contributed by atoms with E-state index in [0.29, 0.717) is 18.4 Å². The standard InChI is InChI=1S/C30H36N2O14/c1-5-29-23-15-6-7-17(34)24(23)46-25(29)18(8-9-30(29,42)20(10-15)31-4)45-22(37)12-19(44-14(3)33)28(41)43-13(2)26(38)32-16(27(39)40)11-21(35)36/h6-8,13,16,19-20,25,31,34,42H,5,9-12H2,1-4H3,(H,32,38)(H,35,36)(H,39,40)/t13-,16-,19-,20+,25-,29-,30+/m0/s1. The summed E-state index contributed by atoms with van der Waals surface area (Å²) >= 11 is 0. The van der Waals surface area contributed by atoms with Crippen molar-refractivity contribution in [1.82, 2.24) is 10.6 Å². The number of amides is 1. The molecule has 1 aromatic rings. The number of carboxylic acid groups (broad SMARTS) is 2. The van der Waals surface area contributed by atoms with Crippen LogP contribution >= 0.6 is 0 Å². The summed E-state index contributed by atoms with van der Waals surface area (Å²) in [5, 5.41) is 45.9. The Morgan fingerprint density at radius 1 is 1.11 bits per heavy atom. The number of likely N-dealkylation sites (N-methyl/N-ethyl adjacent to an activating group) is 1. The van der Waals surface area contributed by atoms with Crippen LogP contribution in [0.15, 0.2) is 24.0 Å². The fourth-order valence-corrected chi connectivity index (χ4v) is 6.64. The first-order valence-electron chi connectivity index (χ1n) is 14.5. The second-order valence-corrected chi connectivity index (χ2v) is 11.4. The Labute approximate surface area is 262 Å². The lowest BCUT2D eigenvalue weighted by atomic mass is 9.52. The highest BCUT2D eigenvalue weighted by Crippen LogP contribution is 2.63. The summed E-state index contributed by atoms with van der Waals surface area (Å²) in [6.45, 7) is 3.88. The van der Waals surface area contributed by atoms with E-state index < -0.39 is 90.0 Å². The second kappa shape index (κ2) is 13.0. The van der Waals surface area contributed by atoms with Gasteiger partial charge in [0.25, 0.3) is 5.91 Å². The molecule has 46 heavy (non-hydrogen) atoms. The third-order valence-electron chi connectivity index (χ3n) is 8.71. The fraction of sp³-hybridized carbons (Fsp3) is 0.533. The first kappa shape index (κ1) is 34.2. The van der Waals surface area contributed by atoms with Gasteiger partial charge in [-0.1, -0.05) is 13.0 Å².